The van der Waals surface area contributed by atoms with Crippen LogP contribution in [0.3, 0.4) is 0 Å². The maximum atomic E-state index is 5.88. The Bertz CT molecular complexity index is 296. The van der Waals surface area contributed by atoms with E-state index in [0.29, 0.717) is 0 Å². The first-order valence-corrected chi connectivity index (χ1v) is 5.66. The van der Waals surface area contributed by atoms with Gasteiger partial charge in [-0.25, -0.2) is 0 Å². The molecule has 0 aliphatic rings. The molecule has 1 aromatic carbocycles. The highest BCUT2D eigenvalue weighted by Gasteiger charge is 2.09. The molecule has 0 aliphatic carbocycles. The summed E-state index contributed by atoms with van der Waals surface area (Å²) < 4.78 is 5.87. The van der Waals surface area contributed by atoms with E-state index < -0.39 is 0 Å². The summed E-state index contributed by atoms with van der Waals surface area (Å²) in [5.41, 5.74) is 6.97. The molecule has 0 heterocycles. The Morgan fingerprint density at radius 1 is 1.27 bits per heavy atom. The van der Waals surface area contributed by atoms with Crippen LogP contribution in [0.25, 0.3) is 0 Å². The smallest absolute Gasteiger partial charge is 0.124 e. The van der Waals surface area contributed by atoms with Crippen molar-refractivity contribution in [1.29, 1.82) is 0 Å². The van der Waals surface area contributed by atoms with Gasteiger partial charge in [0.15, 0.2) is 0 Å². The predicted molar refractivity (Wildman–Crippen MR) is 64.0 cm³/mol. The van der Waals surface area contributed by atoms with Gasteiger partial charge in [-0.1, -0.05) is 31.5 Å². The first-order valence-electron chi connectivity index (χ1n) is 5.66. The van der Waals surface area contributed by atoms with Crippen molar-refractivity contribution in [3.8, 4) is 5.75 Å². The van der Waals surface area contributed by atoms with Crippen molar-refractivity contribution in [2.45, 2.75) is 45.8 Å². The van der Waals surface area contributed by atoms with Crippen LogP contribution in [0.4, 0.5) is 0 Å². The van der Waals surface area contributed by atoms with Gasteiger partial charge in [-0.2, -0.15) is 0 Å². The van der Waals surface area contributed by atoms with E-state index in [0.717, 1.165) is 24.2 Å². The van der Waals surface area contributed by atoms with Crippen molar-refractivity contribution in [1.82, 2.24) is 0 Å². The normalized spacial score (nSPS) is 14.7. The Morgan fingerprint density at radius 3 is 2.53 bits per heavy atom. The topological polar surface area (TPSA) is 35.2 Å². The average Bonchev–Trinajstić information content (AvgIpc) is 2.18. The van der Waals surface area contributed by atoms with Gasteiger partial charge in [0.2, 0.25) is 0 Å². The molecule has 0 aliphatic heterocycles. The van der Waals surface area contributed by atoms with Gasteiger partial charge in [0, 0.05) is 11.6 Å². The van der Waals surface area contributed by atoms with E-state index in [-0.39, 0.29) is 12.1 Å². The molecule has 0 saturated carbocycles. The lowest BCUT2D eigenvalue weighted by Crippen LogP contribution is -2.14. The fourth-order valence-corrected chi connectivity index (χ4v) is 1.65. The van der Waals surface area contributed by atoms with Gasteiger partial charge in [-0.15, -0.1) is 0 Å². The second kappa shape index (κ2) is 5.76. The van der Waals surface area contributed by atoms with E-state index in [2.05, 4.69) is 13.8 Å². The maximum absolute atomic E-state index is 5.88. The summed E-state index contributed by atoms with van der Waals surface area (Å²) in [6.45, 7) is 6.24. The predicted octanol–water partition coefficient (Wildman–Crippen LogP) is 3.27. The molecule has 0 aromatic heterocycles. The van der Waals surface area contributed by atoms with Gasteiger partial charge < -0.3 is 10.5 Å². The van der Waals surface area contributed by atoms with E-state index in [1.165, 1.54) is 0 Å². The lowest BCUT2D eigenvalue weighted by atomic mass is 10.1. The van der Waals surface area contributed by atoms with E-state index in [1.807, 2.05) is 31.2 Å². The molecule has 2 heteroatoms. The minimum Gasteiger partial charge on any atom is -0.490 e. The molecule has 2 N–H and O–H groups in total. The Morgan fingerprint density at radius 2 is 1.93 bits per heavy atom. The molecular formula is C13H21NO. The summed E-state index contributed by atoms with van der Waals surface area (Å²) in [6.07, 6.45) is 2.48. The highest BCUT2D eigenvalue weighted by molar-refractivity contribution is 5.35. The summed E-state index contributed by atoms with van der Waals surface area (Å²) in [7, 11) is 0. The Hall–Kier alpha value is -1.02. The van der Waals surface area contributed by atoms with Crippen LogP contribution in [0.5, 0.6) is 5.75 Å². The molecule has 2 atom stereocenters. The van der Waals surface area contributed by atoms with Gasteiger partial charge in [0.05, 0.1) is 6.10 Å². The van der Waals surface area contributed by atoms with Crippen molar-refractivity contribution < 1.29 is 4.74 Å². The molecule has 2 nitrogen and oxygen atoms in total. The van der Waals surface area contributed by atoms with E-state index in [9.17, 15) is 0 Å². The monoisotopic (exact) mass is 207 g/mol. The van der Waals surface area contributed by atoms with Crippen molar-refractivity contribution >= 4 is 0 Å². The third-order valence-corrected chi connectivity index (χ3v) is 2.43. The van der Waals surface area contributed by atoms with E-state index in [4.69, 9.17) is 10.5 Å². The van der Waals surface area contributed by atoms with Gasteiger partial charge in [0.25, 0.3) is 0 Å². The fraction of sp³-hybridized carbons (Fsp3) is 0.538. The zero-order valence-corrected chi connectivity index (χ0v) is 9.86. The number of ether oxygens (including phenoxy) is 1. The zero-order chi connectivity index (χ0) is 11.3. The summed E-state index contributed by atoms with van der Waals surface area (Å²) in [5.74, 6) is 0.924. The summed E-state index contributed by atoms with van der Waals surface area (Å²) >= 11 is 0. The number of hydrogen-bond acceptors (Lipinski definition) is 2. The quantitative estimate of drug-likeness (QED) is 0.804. The highest BCUT2D eigenvalue weighted by Crippen LogP contribution is 2.24. The molecule has 84 valence electrons. The van der Waals surface area contributed by atoms with Crippen LogP contribution in [0, 0.1) is 0 Å². The molecule has 0 saturated heterocycles. The molecule has 15 heavy (non-hydrogen) atoms. The van der Waals surface area contributed by atoms with Gasteiger partial charge >= 0.3 is 0 Å². The number of hydrogen-bond donors (Lipinski definition) is 1. The van der Waals surface area contributed by atoms with Crippen LogP contribution in [-0.2, 0) is 0 Å². The maximum Gasteiger partial charge on any atom is 0.124 e. The molecule has 1 aromatic rings. The van der Waals surface area contributed by atoms with Crippen molar-refractivity contribution in [3.63, 3.8) is 0 Å². The van der Waals surface area contributed by atoms with Crippen molar-refractivity contribution in [3.05, 3.63) is 29.8 Å². The average molecular weight is 207 g/mol. The van der Waals surface area contributed by atoms with Crippen LogP contribution in [-0.4, -0.2) is 6.10 Å². The lowest BCUT2D eigenvalue weighted by Gasteiger charge is -2.18. The largest absolute Gasteiger partial charge is 0.490 e. The van der Waals surface area contributed by atoms with E-state index >= 15 is 0 Å². The third-order valence-electron chi connectivity index (χ3n) is 2.43. The van der Waals surface area contributed by atoms with Crippen molar-refractivity contribution in [2.24, 2.45) is 5.73 Å². The SMILES string of the molecule is CCCC(C)Oc1ccccc1[C@H](C)N. The molecule has 1 unspecified atom stereocenters. The number of benzene rings is 1. The highest BCUT2D eigenvalue weighted by atomic mass is 16.5. The summed E-state index contributed by atoms with van der Waals surface area (Å²) in [5, 5.41) is 0. The Labute approximate surface area is 92.4 Å². The number of nitrogens with two attached hydrogens (primary N) is 1. The summed E-state index contributed by atoms with van der Waals surface area (Å²) in [6, 6.07) is 8.02. The van der Waals surface area contributed by atoms with Gasteiger partial charge in [-0.3, -0.25) is 0 Å². The standard InChI is InChI=1S/C13H21NO/c1-4-7-10(2)15-13-9-6-5-8-12(13)11(3)14/h5-6,8-11H,4,7,14H2,1-3H3/t10?,11-/m0/s1. The Balaban J connectivity index is 2.75. The second-order valence-electron chi connectivity index (χ2n) is 4.04. The molecule has 0 amide bonds. The minimum atomic E-state index is 0.0232. The van der Waals surface area contributed by atoms with Gasteiger partial charge in [0.1, 0.15) is 5.75 Å². The van der Waals surface area contributed by atoms with Crippen LogP contribution in [0.2, 0.25) is 0 Å². The van der Waals surface area contributed by atoms with Crippen LogP contribution < -0.4 is 10.5 Å². The fourth-order valence-electron chi connectivity index (χ4n) is 1.65. The lowest BCUT2D eigenvalue weighted by molar-refractivity contribution is 0.207. The van der Waals surface area contributed by atoms with Gasteiger partial charge in [-0.05, 0) is 26.3 Å². The molecule has 0 radical (unpaired) electrons. The molecule has 0 bridgehead atoms. The molecule has 0 spiro atoms. The van der Waals surface area contributed by atoms with Crippen LogP contribution in [0.15, 0.2) is 24.3 Å². The first kappa shape index (κ1) is 12.1. The third kappa shape index (κ3) is 3.56. The number of rotatable bonds is 5. The minimum absolute atomic E-state index is 0.0232. The first-order chi connectivity index (χ1) is 7.15. The van der Waals surface area contributed by atoms with Crippen molar-refractivity contribution in [2.75, 3.05) is 0 Å². The summed E-state index contributed by atoms with van der Waals surface area (Å²) in [4.78, 5) is 0. The molecule has 0 fully saturated rings. The molecule has 1 rings (SSSR count). The second-order valence-corrected chi connectivity index (χ2v) is 4.04. The van der Waals surface area contributed by atoms with Crippen LogP contribution in [0.1, 0.15) is 45.2 Å². The zero-order valence-electron chi connectivity index (χ0n) is 9.86. The van der Waals surface area contributed by atoms with Crippen LogP contribution >= 0.6 is 0 Å². The number of para-hydroxylation sites is 1. The Kier molecular flexibility index (Phi) is 4.63. The van der Waals surface area contributed by atoms with E-state index in [1.54, 1.807) is 0 Å². The molecular weight excluding hydrogens is 186 g/mol.